The van der Waals surface area contributed by atoms with E-state index in [9.17, 15) is 4.39 Å². The van der Waals surface area contributed by atoms with Crippen molar-refractivity contribution in [2.24, 2.45) is 5.92 Å². The van der Waals surface area contributed by atoms with Crippen molar-refractivity contribution in [2.75, 3.05) is 24.5 Å². The van der Waals surface area contributed by atoms with Gasteiger partial charge in [-0.25, -0.2) is 4.39 Å². The number of rotatable bonds is 5. The van der Waals surface area contributed by atoms with Crippen molar-refractivity contribution in [1.82, 2.24) is 5.32 Å². The normalized spacial score (nSPS) is 16.9. The lowest BCUT2D eigenvalue weighted by Gasteiger charge is -2.33. The predicted octanol–water partition coefficient (Wildman–Crippen LogP) is 3.56. The summed E-state index contributed by atoms with van der Waals surface area (Å²) in [6, 6.07) is 5.45. The first-order chi connectivity index (χ1) is 9.22. The molecule has 1 aliphatic heterocycles. The van der Waals surface area contributed by atoms with E-state index in [4.69, 9.17) is 0 Å². The highest BCUT2D eigenvalue weighted by Crippen LogP contribution is 2.27. The second kappa shape index (κ2) is 6.90. The van der Waals surface area contributed by atoms with Gasteiger partial charge in [0, 0.05) is 30.9 Å². The van der Waals surface area contributed by atoms with E-state index in [-0.39, 0.29) is 5.82 Å². The van der Waals surface area contributed by atoms with Crippen LogP contribution in [0.5, 0.6) is 0 Å². The molecule has 2 rings (SSSR count). The Morgan fingerprint density at radius 1 is 1.32 bits per heavy atom. The highest BCUT2D eigenvalue weighted by Gasteiger charge is 2.19. The number of nitrogens with zero attached hydrogens (tertiary/aromatic N) is 1. The van der Waals surface area contributed by atoms with E-state index < -0.39 is 0 Å². The van der Waals surface area contributed by atoms with Crippen LogP contribution < -0.4 is 10.2 Å². The molecule has 0 amide bonds. The number of anilines is 1. The van der Waals surface area contributed by atoms with E-state index in [1.807, 2.05) is 6.07 Å². The van der Waals surface area contributed by atoms with E-state index in [1.54, 1.807) is 6.07 Å². The van der Waals surface area contributed by atoms with Crippen LogP contribution in [-0.2, 0) is 6.54 Å². The van der Waals surface area contributed by atoms with Gasteiger partial charge in [0.05, 0.1) is 0 Å². The topological polar surface area (TPSA) is 15.3 Å². The highest BCUT2D eigenvalue weighted by atomic mass is 19.1. The molecule has 1 aromatic carbocycles. The summed E-state index contributed by atoms with van der Waals surface area (Å²) in [5.41, 5.74) is 1.90. The minimum atomic E-state index is -0.0836. The third kappa shape index (κ3) is 3.69. The molecule has 19 heavy (non-hydrogen) atoms. The standard InChI is InChI=1S/C16H25FN2/c1-3-9-18-12-14-15(17)5-4-6-16(14)19-10-7-13(2)8-11-19/h4-6,13,18H,3,7-12H2,1-2H3. The van der Waals surface area contributed by atoms with E-state index in [0.29, 0.717) is 6.54 Å². The van der Waals surface area contributed by atoms with Gasteiger partial charge in [-0.1, -0.05) is 19.9 Å². The largest absolute Gasteiger partial charge is 0.371 e. The molecule has 1 saturated heterocycles. The minimum Gasteiger partial charge on any atom is -0.371 e. The molecule has 0 aliphatic carbocycles. The Kier molecular flexibility index (Phi) is 5.20. The van der Waals surface area contributed by atoms with Gasteiger partial charge in [-0.2, -0.15) is 0 Å². The van der Waals surface area contributed by atoms with E-state index >= 15 is 0 Å². The zero-order valence-corrected chi connectivity index (χ0v) is 12.1. The number of hydrogen-bond acceptors (Lipinski definition) is 2. The van der Waals surface area contributed by atoms with Crippen molar-refractivity contribution in [3.63, 3.8) is 0 Å². The summed E-state index contributed by atoms with van der Waals surface area (Å²) in [5, 5.41) is 3.31. The van der Waals surface area contributed by atoms with Gasteiger partial charge in [0.2, 0.25) is 0 Å². The van der Waals surface area contributed by atoms with Gasteiger partial charge in [0.1, 0.15) is 5.82 Å². The van der Waals surface area contributed by atoms with Gasteiger partial charge in [-0.15, -0.1) is 0 Å². The molecule has 0 atom stereocenters. The Hall–Kier alpha value is -1.09. The summed E-state index contributed by atoms with van der Waals surface area (Å²) < 4.78 is 14.0. The molecule has 1 N–H and O–H groups in total. The number of hydrogen-bond donors (Lipinski definition) is 1. The highest BCUT2D eigenvalue weighted by molar-refractivity contribution is 5.54. The van der Waals surface area contributed by atoms with Crippen molar-refractivity contribution >= 4 is 5.69 Å². The van der Waals surface area contributed by atoms with Gasteiger partial charge < -0.3 is 10.2 Å². The van der Waals surface area contributed by atoms with Crippen molar-refractivity contribution in [3.8, 4) is 0 Å². The lowest BCUT2D eigenvalue weighted by Crippen LogP contribution is -2.34. The van der Waals surface area contributed by atoms with E-state index in [1.165, 1.54) is 12.8 Å². The van der Waals surface area contributed by atoms with Crippen LogP contribution in [0, 0.1) is 11.7 Å². The van der Waals surface area contributed by atoms with Crippen LogP contribution in [0.1, 0.15) is 38.7 Å². The molecule has 0 bridgehead atoms. The maximum atomic E-state index is 14.0. The monoisotopic (exact) mass is 264 g/mol. The molecule has 0 aromatic heterocycles. The summed E-state index contributed by atoms with van der Waals surface area (Å²) in [7, 11) is 0. The number of nitrogens with one attached hydrogen (secondary N) is 1. The maximum Gasteiger partial charge on any atom is 0.129 e. The van der Waals surface area contributed by atoms with Crippen molar-refractivity contribution in [2.45, 2.75) is 39.7 Å². The molecule has 1 heterocycles. The third-order valence-corrected chi connectivity index (χ3v) is 3.95. The van der Waals surface area contributed by atoms with Crippen molar-refractivity contribution in [3.05, 3.63) is 29.6 Å². The van der Waals surface area contributed by atoms with E-state index in [2.05, 4.69) is 30.1 Å². The van der Waals surface area contributed by atoms with Crippen molar-refractivity contribution < 1.29 is 4.39 Å². The molecule has 106 valence electrons. The first-order valence-corrected chi connectivity index (χ1v) is 7.45. The average molecular weight is 264 g/mol. The first kappa shape index (κ1) is 14.3. The Morgan fingerprint density at radius 3 is 2.74 bits per heavy atom. The SMILES string of the molecule is CCCNCc1c(F)cccc1N1CCC(C)CC1. The fourth-order valence-corrected chi connectivity index (χ4v) is 2.66. The van der Waals surface area contributed by atoms with Crippen LogP contribution in [0.3, 0.4) is 0 Å². The molecule has 0 spiro atoms. The van der Waals surface area contributed by atoms with Gasteiger partial charge in [-0.3, -0.25) is 0 Å². The van der Waals surface area contributed by atoms with E-state index in [0.717, 1.165) is 43.2 Å². The number of benzene rings is 1. The zero-order chi connectivity index (χ0) is 13.7. The molecule has 0 saturated carbocycles. The number of halogens is 1. The lowest BCUT2D eigenvalue weighted by atomic mass is 9.98. The van der Waals surface area contributed by atoms with Gasteiger partial charge >= 0.3 is 0 Å². The molecule has 0 radical (unpaired) electrons. The fraction of sp³-hybridized carbons (Fsp3) is 0.625. The molecule has 1 aliphatic rings. The molecular weight excluding hydrogens is 239 g/mol. The molecule has 1 fully saturated rings. The summed E-state index contributed by atoms with van der Waals surface area (Å²) in [6.07, 6.45) is 3.49. The third-order valence-electron chi connectivity index (χ3n) is 3.95. The zero-order valence-electron chi connectivity index (χ0n) is 12.1. The second-order valence-corrected chi connectivity index (χ2v) is 5.58. The Balaban J connectivity index is 2.12. The van der Waals surface area contributed by atoms with Gasteiger partial charge in [-0.05, 0) is 43.9 Å². The minimum absolute atomic E-state index is 0.0836. The smallest absolute Gasteiger partial charge is 0.129 e. The predicted molar refractivity (Wildman–Crippen MR) is 79.0 cm³/mol. The van der Waals surface area contributed by atoms with Crippen LogP contribution in [-0.4, -0.2) is 19.6 Å². The number of piperidine rings is 1. The summed E-state index contributed by atoms with van der Waals surface area (Å²) >= 11 is 0. The molecule has 3 heteroatoms. The Labute approximate surface area is 116 Å². The summed E-state index contributed by atoms with van der Waals surface area (Å²) in [4.78, 5) is 2.34. The van der Waals surface area contributed by atoms with Crippen molar-refractivity contribution in [1.29, 1.82) is 0 Å². The van der Waals surface area contributed by atoms with Crippen LogP contribution >= 0.6 is 0 Å². The van der Waals surface area contributed by atoms with Crippen LogP contribution in [0.15, 0.2) is 18.2 Å². The van der Waals surface area contributed by atoms with Crippen LogP contribution in [0.4, 0.5) is 10.1 Å². The molecule has 2 nitrogen and oxygen atoms in total. The van der Waals surface area contributed by atoms with Crippen LogP contribution in [0.25, 0.3) is 0 Å². The Morgan fingerprint density at radius 2 is 2.05 bits per heavy atom. The first-order valence-electron chi connectivity index (χ1n) is 7.45. The van der Waals surface area contributed by atoms with Gasteiger partial charge in [0.15, 0.2) is 0 Å². The molecular formula is C16H25FN2. The van der Waals surface area contributed by atoms with Crippen LogP contribution in [0.2, 0.25) is 0 Å². The molecule has 1 aromatic rings. The maximum absolute atomic E-state index is 14.0. The quantitative estimate of drug-likeness (QED) is 0.818. The molecule has 0 unspecified atom stereocenters. The van der Waals surface area contributed by atoms with Gasteiger partial charge in [0.25, 0.3) is 0 Å². The lowest BCUT2D eigenvalue weighted by molar-refractivity contribution is 0.437. The second-order valence-electron chi connectivity index (χ2n) is 5.58. The summed E-state index contributed by atoms with van der Waals surface area (Å²) in [6.45, 7) is 8.08. The Bertz CT molecular complexity index is 398. The average Bonchev–Trinajstić information content (AvgIpc) is 2.42. The fourth-order valence-electron chi connectivity index (χ4n) is 2.66. The summed E-state index contributed by atoms with van der Waals surface area (Å²) in [5.74, 6) is 0.714.